The Kier molecular flexibility index (Phi) is 5.60. The first-order chi connectivity index (χ1) is 14.1. The minimum atomic E-state index is -0.751. The molecule has 0 radical (unpaired) electrons. The highest BCUT2D eigenvalue weighted by atomic mass is 19.1. The first-order valence-corrected chi connectivity index (χ1v) is 10.0. The van der Waals surface area contributed by atoms with E-state index in [1.807, 2.05) is 35.4 Å². The number of carbonyl (C=O) groups excluding carboxylic acids is 2. The number of benzene rings is 2. The number of para-hydroxylation sites is 1. The van der Waals surface area contributed by atoms with Crippen molar-refractivity contribution in [3.05, 3.63) is 71.7 Å². The van der Waals surface area contributed by atoms with E-state index < -0.39 is 17.8 Å². The molecule has 0 unspecified atom stereocenters. The van der Waals surface area contributed by atoms with Crippen molar-refractivity contribution in [2.45, 2.75) is 31.7 Å². The number of nitrogens with one attached hydrogen (secondary N) is 2. The number of carbonyl (C=O) groups is 2. The van der Waals surface area contributed by atoms with Crippen LogP contribution < -0.4 is 5.32 Å². The molecule has 0 aliphatic carbocycles. The average Bonchev–Trinajstić information content (AvgIpc) is 3.16. The first kappa shape index (κ1) is 19.2. The van der Waals surface area contributed by atoms with Gasteiger partial charge in [-0.15, -0.1) is 0 Å². The third-order valence-electron chi connectivity index (χ3n) is 5.49. The van der Waals surface area contributed by atoms with Crippen LogP contribution in [0, 0.1) is 5.82 Å². The average molecular weight is 393 g/mol. The molecule has 2 N–H and O–H groups in total. The van der Waals surface area contributed by atoms with E-state index in [1.54, 1.807) is 6.07 Å². The lowest BCUT2D eigenvalue weighted by Gasteiger charge is -2.30. The predicted octanol–water partition coefficient (Wildman–Crippen LogP) is 3.66. The lowest BCUT2D eigenvalue weighted by Crippen LogP contribution is -2.51. The molecule has 1 saturated heterocycles. The highest BCUT2D eigenvalue weighted by molar-refractivity contribution is 5.98. The molecule has 2 amide bonds. The normalized spacial score (nSPS) is 15.3. The Labute approximate surface area is 168 Å². The van der Waals surface area contributed by atoms with Crippen LogP contribution >= 0.6 is 0 Å². The largest absolute Gasteiger partial charge is 0.361 e. The monoisotopic (exact) mass is 393 g/mol. The number of nitrogens with zero attached hydrogens (tertiary/aromatic N) is 1. The van der Waals surface area contributed by atoms with Crippen molar-refractivity contribution in [2.75, 3.05) is 13.1 Å². The second kappa shape index (κ2) is 8.47. The minimum absolute atomic E-state index is 0.0529. The van der Waals surface area contributed by atoms with Gasteiger partial charge in [0.25, 0.3) is 5.91 Å². The number of fused-ring (bicyclic) bond motifs is 1. The highest BCUT2D eigenvalue weighted by Crippen LogP contribution is 2.21. The van der Waals surface area contributed by atoms with Crippen LogP contribution in [0.25, 0.3) is 10.9 Å². The molecule has 150 valence electrons. The molecule has 0 bridgehead atoms. The van der Waals surface area contributed by atoms with Crippen LogP contribution in [-0.2, 0) is 11.2 Å². The summed E-state index contributed by atoms with van der Waals surface area (Å²) in [6.07, 6.45) is 5.26. The topological polar surface area (TPSA) is 65.2 Å². The summed E-state index contributed by atoms with van der Waals surface area (Å²) in [6.45, 7) is 1.39. The zero-order chi connectivity index (χ0) is 20.2. The number of piperidine rings is 1. The van der Waals surface area contributed by atoms with Gasteiger partial charge in [-0.1, -0.05) is 30.3 Å². The molecule has 6 heteroatoms. The Bertz CT molecular complexity index is 1020. The van der Waals surface area contributed by atoms with Crippen molar-refractivity contribution in [3.63, 3.8) is 0 Å². The highest BCUT2D eigenvalue weighted by Gasteiger charge is 2.29. The van der Waals surface area contributed by atoms with E-state index in [2.05, 4.69) is 10.3 Å². The lowest BCUT2D eigenvalue weighted by atomic mass is 10.0. The Morgan fingerprint density at radius 1 is 1.03 bits per heavy atom. The molecule has 1 aromatic heterocycles. The number of H-pyrrole nitrogens is 1. The maximum atomic E-state index is 14.1. The third kappa shape index (κ3) is 4.16. The van der Waals surface area contributed by atoms with E-state index in [4.69, 9.17) is 0 Å². The van der Waals surface area contributed by atoms with E-state index in [0.717, 1.165) is 35.7 Å². The zero-order valence-corrected chi connectivity index (χ0v) is 16.2. The van der Waals surface area contributed by atoms with Crippen LogP contribution in [0.5, 0.6) is 0 Å². The number of hydrogen-bond acceptors (Lipinski definition) is 2. The minimum Gasteiger partial charge on any atom is -0.361 e. The van der Waals surface area contributed by atoms with E-state index in [9.17, 15) is 14.0 Å². The van der Waals surface area contributed by atoms with Crippen molar-refractivity contribution in [3.8, 4) is 0 Å². The van der Waals surface area contributed by atoms with Crippen molar-refractivity contribution in [1.82, 2.24) is 15.2 Å². The molecule has 2 aromatic carbocycles. The number of aromatic amines is 1. The van der Waals surface area contributed by atoms with E-state index in [0.29, 0.717) is 19.5 Å². The molecule has 1 atom stereocenters. The smallest absolute Gasteiger partial charge is 0.254 e. The van der Waals surface area contributed by atoms with Crippen molar-refractivity contribution < 1.29 is 14.0 Å². The van der Waals surface area contributed by atoms with E-state index in [-0.39, 0.29) is 11.5 Å². The molecule has 3 aromatic rings. The summed E-state index contributed by atoms with van der Waals surface area (Å²) in [6, 6.07) is 12.9. The fourth-order valence-electron chi connectivity index (χ4n) is 3.94. The number of rotatable bonds is 5. The summed E-state index contributed by atoms with van der Waals surface area (Å²) in [4.78, 5) is 31.0. The summed E-state index contributed by atoms with van der Waals surface area (Å²) >= 11 is 0. The number of halogens is 1. The number of likely N-dealkylation sites (tertiary alicyclic amines) is 1. The molecule has 1 aliphatic rings. The first-order valence-electron chi connectivity index (χ1n) is 10.0. The number of aromatic nitrogens is 1. The van der Waals surface area contributed by atoms with Crippen LogP contribution in [0.15, 0.2) is 54.7 Å². The standard InChI is InChI=1S/C23H24FN3O2/c24-19-10-4-2-9-18(19)22(28)26-21(23(29)27-12-6-1-7-13-27)14-16-15-25-20-11-5-3-8-17(16)20/h2-5,8-11,15,21,25H,1,6-7,12-14H2,(H,26,28)/t21-/m1/s1. The summed E-state index contributed by atoms with van der Waals surface area (Å²) in [5, 5.41) is 3.81. The summed E-state index contributed by atoms with van der Waals surface area (Å²) in [5.74, 6) is -1.28. The van der Waals surface area contributed by atoms with Gasteiger partial charge in [0.1, 0.15) is 11.9 Å². The second-order valence-corrected chi connectivity index (χ2v) is 7.46. The lowest BCUT2D eigenvalue weighted by molar-refractivity contribution is -0.134. The molecule has 0 saturated carbocycles. The summed E-state index contributed by atoms with van der Waals surface area (Å²) in [7, 11) is 0. The molecular weight excluding hydrogens is 369 g/mol. The van der Waals surface area contributed by atoms with Gasteiger partial charge in [0.2, 0.25) is 5.91 Å². The molecule has 1 aliphatic heterocycles. The van der Waals surface area contributed by atoms with E-state index in [1.165, 1.54) is 18.2 Å². The fourth-order valence-corrected chi connectivity index (χ4v) is 3.94. The SMILES string of the molecule is O=C(N[C@H](Cc1c[nH]c2ccccc12)C(=O)N1CCCCC1)c1ccccc1F. The molecule has 0 spiro atoms. The van der Waals surface area contributed by atoms with Gasteiger partial charge in [-0.2, -0.15) is 0 Å². The fraction of sp³-hybridized carbons (Fsp3) is 0.304. The number of hydrogen-bond donors (Lipinski definition) is 2. The van der Waals surface area contributed by atoms with Crippen LogP contribution in [0.3, 0.4) is 0 Å². The Hall–Kier alpha value is -3.15. The predicted molar refractivity (Wildman–Crippen MR) is 110 cm³/mol. The van der Waals surface area contributed by atoms with Crippen LogP contribution in [0.2, 0.25) is 0 Å². The second-order valence-electron chi connectivity index (χ2n) is 7.46. The third-order valence-corrected chi connectivity index (χ3v) is 5.49. The molecule has 1 fully saturated rings. The maximum Gasteiger partial charge on any atom is 0.254 e. The maximum absolute atomic E-state index is 14.1. The van der Waals surface area contributed by atoms with Gasteiger partial charge < -0.3 is 15.2 Å². The molecule has 5 nitrogen and oxygen atoms in total. The van der Waals surface area contributed by atoms with Gasteiger partial charge in [-0.05, 0) is 43.0 Å². The van der Waals surface area contributed by atoms with Gasteiger partial charge in [-0.3, -0.25) is 9.59 Å². The van der Waals surface area contributed by atoms with Gasteiger partial charge in [0, 0.05) is 36.6 Å². The van der Waals surface area contributed by atoms with Crippen molar-refractivity contribution in [1.29, 1.82) is 0 Å². The summed E-state index contributed by atoms with van der Waals surface area (Å²) < 4.78 is 14.1. The van der Waals surface area contributed by atoms with Crippen molar-refractivity contribution >= 4 is 22.7 Å². The zero-order valence-electron chi connectivity index (χ0n) is 16.2. The Balaban J connectivity index is 1.60. The Morgan fingerprint density at radius 3 is 2.55 bits per heavy atom. The van der Waals surface area contributed by atoms with E-state index >= 15 is 0 Å². The van der Waals surface area contributed by atoms with Crippen LogP contribution in [0.1, 0.15) is 35.2 Å². The quantitative estimate of drug-likeness (QED) is 0.695. The van der Waals surface area contributed by atoms with Gasteiger partial charge in [0.05, 0.1) is 5.56 Å². The Morgan fingerprint density at radius 2 is 1.76 bits per heavy atom. The molecule has 2 heterocycles. The van der Waals surface area contributed by atoms with Gasteiger partial charge >= 0.3 is 0 Å². The van der Waals surface area contributed by atoms with Gasteiger partial charge in [-0.25, -0.2) is 4.39 Å². The van der Waals surface area contributed by atoms with Crippen molar-refractivity contribution in [2.24, 2.45) is 0 Å². The molecule has 4 rings (SSSR count). The number of amides is 2. The van der Waals surface area contributed by atoms with Crippen LogP contribution in [0.4, 0.5) is 4.39 Å². The molecular formula is C23H24FN3O2. The summed E-state index contributed by atoms with van der Waals surface area (Å²) in [5.41, 5.74) is 1.87. The molecule has 29 heavy (non-hydrogen) atoms. The van der Waals surface area contributed by atoms with Gasteiger partial charge in [0.15, 0.2) is 0 Å². The van der Waals surface area contributed by atoms with Crippen LogP contribution in [-0.4, -0.2) is 40.8 Å².